The van der Waals surface area contributed by atoms with E-state index in [0.29, 0.717) is 13.2 Å². The summed E-state index contributed by atoms with van der Waals surface area (Å²) in [5.41, 5.74) is -0.434. The van der Waals surface area contributed by atoms with Crippen molar-refractivity contribution in [3.05, 3.63) is 0 Å². The zero-order chi connectivity index (χ0) is 12.5. The molecule has 2 aliphatic heterocycles. The Bertz CT molecular complexity index is 333. The molecule has 1 saturated heterocycles. The molecule has 1 amide bonds. The first-order valence-corrected chi connectivity index (χ1v) is 6.11. The molecular weight excluding hydrogens is 220 g/mol. The fourth-order valence-corrected chi connectivity index (χ4v) is 2.05. The molecule has 0 aromatic heterocycles. The van der Waals surface area contributed by atoms with Crippen molar-refractivity contribution < 1.29 is 14.3 Å². The highest BCUT2D eigenvalue weighted by molar-refractivity contribution is 5.81. The van der Waals surface area contributed by atoms with E-state index in [-0.39, 0.29) is 12.0 Å². The van der Waals surface area contributed by atoms with Crippen LogP contribution in [-0.2, 0) is 9.47 Å². The minimum atomic E-state index is -0.434. The summed E-state index contributed by atoms with van der Waals surface area (Å²) in [4.78, 5) is 17.9. The molecular formula is C12H20N2O3. The van der Waals surface area contributed by atoms with E-state index in [1.165, 1.54) is 0 Å². The Morgan fingerprint density at radius 3 is 2.88 bits per heavy atom. The van der Waals surface area contributed by atoms with Gasteiger partial charge in [-0.3, -0.25) is 4.99 Å². The molecule has 2 rings (SSSR count). The quantitative estimate of drug-likeness (QED) is 0.700. The van der Waals surface area contributed by atoms with E-state index in [9.17, 15) is 4.79 Å². The van der Waals surface area contributed by atoms with Crippen LogP contribution in [0.15, 0.2) is 4.99 Å². The van der Waals surface area contributed by atoms with Crippen molar-refractivity contribution in [3.8, 4) is 0 Å². The number of carbonyl (C=O) groups is 1. The monoisotopic (exact) mass is 240 g/mol. The average molecular weight is 240 g/mol. The van der Waals surface area contributed by atoms with Crippen LogP contribution in [0.2, 0.25) is 0 Å². The molecule has 2 heterocycles. The van der Waals surface area contributed by atoms with E-state index in [1.54, 1.807) is 4.90 Å². The van der Waals surface area contributed by atoms with Crippen LogP contribution in [-0.4, -0.2) is 48.7 Å². The lowest BCUT2D eigenvalue weighted by atomic mass is 10.1. The topological polar surface area (TPSA) is 51.1 Å². The summed E-state index contributed by atoms with van der Waals surface area (Å²) in [6, 6.07) is 0. The molecule has 0 aromatic carbocycles. The number of carbonyl (C=O) groups excluding carboxylic acids is 1. The Morgan fingerprint density at radius 2 is 2.29 bits per heavy atom. The molecule has 2 aliphatic rings. The second-order valence-electron chi connectivity index (χ2n) is 5.48. The minimum Gasteiger partial charge on any atom is -0.479 e. The van der Waals surface area contributed by atoms with Crippen molar-refractivity contribution >= 4 is 12.0 Å². The van der Waals surface area contributed by atoms with Crippen molar-refractivity contribution in [2.24, 2.45) is 10.9 Å². The number of ether oxygens (including phenoxy) is 2. The fraction of sp³-hybridized carbons (Fsp3) is 0.833. The largest absolute Gasteiger partial charge is 0.479 e. The van der Waals surface area contributed by atoms with Crippen molar-refractivity contribution in [2.75, 3.05) is 26.2 Å². The van der Waals surface area contributed by atoms with Crippen LogP contribution in [0, 0.1) is 5.92 Å². The Kier molecular flexibility index (Phi) is 3.26. The lowest BCUT2D eigenvalue weighted by Gasteiger charge is -2.24. The molecule has 5 heteroatoms. The number of likely N-dealkylation sites (tertiary alicyclic amines) is 1. The number of aliphatic imine (C=N–C) groups is 1. The number of rotatable bonds is 1. The second kappa shape index (κ2) is 4.55. The summed E-state index contributed by atoms with van der Waals surface area (Å²) in [5, 5.41) is 0. The number of hydrogen-bond acceptors (Lipinski definition) is 4. The van der Waals surface area contributed by atoms with Gasteiger partial charge < -0.3 is 14.4 Å². The molecule has 0 radical (unpaired) electrons. The van der Waals surface area contributed by atoms with Crippen LogP contribution in [0.25, 0.3) is 0 Å². The molecule has 0 N–H and O–H groups in total. The molecule has 0 aromatic rings. The van der Waals surface area contributed by atoms with Gasteiger partial charge in [0.2, 0.25) is 0 Å². The summed E-state index contributed by atoms with van der Waals surface area (Å²) in [7, 11) is 0. The zero-order valence-electron chi connectivity index (χ0n) is 10.7. The van der Waals surface area contributed by atoms with E-state index >= 15 is 0 Å². The zero-order valence-corrected chi connectivity index (χ0v) is 10.7. The van der Waals surface area contributed by atoms with Gasteiger partial charge in [0, 0.05) is 13.1 Å². The van der Waals surface area contributed by atoms with Gasteiger partial charge >= 0.3 is 6.09 Å². The van der Waals surface area contributed by atoms with Gasteiger partial charge in [-0.25, -0.2) is 4.79 Å². The first-order valence-electron chi connectivity index (χ1n) is 6.11. The van der Waals surface area contributed by atoms with Crippen molar-refractivity contribution in [1.29, 1.82) is 0 Å². The van der Waals surface area contributed by atoms with Crippen LogP contribution in [0.4, 0.5) is 4.79 Å². The maximum absolute atomic E-state index is 11.8. The molecule has 0 saturated carbocycles. The van der Waals surface area contributed by atoms with Gasteiger partial charge in [0.15, 0.2) is 5.90 Å². The van der Waals surface area contributed by atoms with Gasteiger partial charge in [0.1, 0.15) is 12.2 Å². The predicted molar refractivity (Wildman–Crippen MR) is 64.2 cm³/mol. The van der Waals surface area contributed by atoms with Gasteiger partial charge in [-0.05, 0) is 27.2 Å². The molecule has 5 nitrogen and oxygen atoms in total. The molecule has 17 heavy (non-hydrogen) atoms. The smallest absolute Gasteiger partial charge is 0.410 e. The van der Waals surface area contributed by atoms with E-state index in [4.69, 9.17) is 9.47 Å². The van der Waals surface area contributed by atoms with Crippen molar-refractivity contribution in [1.82, 2.24) is 4.90 Å². The van der Waals surface area contributed by atoms with Crippen LogP contribution in [0.3, 0.4) is 0 Å². The Balaban J connectivity index is 1.87. The molecule has 0 bridgehead atoms. The number of hydrogen-bond donors (Lipinski definition) is 0. The molecule has 0 unspecified atom stereocenters. The normalized spacial score (nSPS) is 24.5. The van der Waals surface area contributed by atoms with E-state index in [0.717, 1.165) is 25.4 Å². The first kappa shape index (κ1) is 12.2. The maximum Gasteiger partial charge on any atom is 0.410 e. The SMILES string of the molecule is CC(C)(C)OC(=O)N1CC[C@H](C2=NCCO2)C1. The molecule has 96 valence electrons. The predicted octanol–water partition coefficient (Wildman–Crippen LogP) is 1.67. The standard InChI is InChI=1S/C12H20N2O3/c1-12(2,3)17-11(15)14-6-4-9(8-14)10-13-5-7-16-10/h9H,4-8H2,1-3H3/t9-/m0/s1. The summed E-state index contributed by atoms with van der Waals surface area (Å²) >= 11 is 0. The Labute approximate surface area is 102 Å². The fourth-order valence-electron chi connectivity index (χ4n) is 2.05. The molecule has 0 aliphatic carbocycles. The second-order valence-corrected chi connectivity index (χ2v) is 5.48. The van der Waals surface area contributed by atoms with E-state index in [1.807, 2.05) is 20.8 Å². The average Bonchev–Trinajstić information content (AvgIpc) is 2.86. The number of nitrogens with zero attached hydrogens (tertiary/aromatic N) is 2. The maximum atomic E-state index is 11.8. The summed E-state index contributed by atoms with van der Waals surface area (Å²) in [6.45, 7) is 8.44. The third-order valence-electron chi connectivity index (χ3n) is 2.80. The summed E-state index contributed by atoms with van der Waals surface area (Å²) in [6.07, 6.45) is 0.677. The van der Waals surface area contributed by atoms with Crippen LogP contribution in [0.1, 0.15) is 27.2 Å². The van der Waals surface area contributed by atoms with Crippen LogP contribution < -0.4 is 0 Å². The Morgan fingerprint density at radius 1 is 1.53 bits per heavy atom. The van der Waals surface area contributed by atoms with Crippen LogP contribution in [0.5, 0.6) is 0 Å². The highest BCUT2D eigenvalue weighted by atomic mass is 16.6. The highest BCUT2D eigenvalue weighted by Crippen LogP contribution is 2.22. The summed E-state index contributed by atoms with van der Waals surface area (Å²) in [5.74, 6) is 1.07. The van der Waals surface area contributed by atoms with Crippen LogP contribution >= 0.6 is 0 Å². The molecule has 0 spiro atoms. The highest BCUT2D eigenvalue weighted by Gasteiger charge is 2.33. The Hall–Kier alpha value is -1.26. The number of amides is 1. The van der Waals surface area contributed by atoms with Gasteiger partial charge in [-0.2, -0.15) is 0 Å². The lowest BCUT2D eigenvalue weighted by molar-refractivity contribution is 0.0291. The third kappa shape index (κ3) is 3.11. The first-order chi connectivity index (χ1) is 7.96. The third-order valence-corrected chi connectivity index (χ3v) is 2.80. The van der Waals surface area contributed by atoms with Gasteiger partial charge in [-0.15, -0.1) is 0 Å². The van der Waals surface area contributed by atoms with Gasteiger partial charge in [0.25, 0.3) is 0 Å². The minimum absolute atomic E-state index is 0.237. The van der Waals surface area contributed by atoms with Gasteiger partial charge in [0.05, 0.1) is 12.5 Å². The van der Waals surface area contributed by atoms with E-state index < -0.39 is 5.60 Å². The van der Waals surface area contributed by atoms with Crippen molar-refractivity contribution in [3.63, 3.8) is 0 Å². The lowest BCUT2D eigenvalue weighted by Crippen LogP contribution is -2.35. The van der Waals surface area contributed by atoms with Gasteiger partial charge in [-0.1, -0.05) is 0 Å². The molecule has 1 fully saturated rings. The molecule has 1 atom stereocenters. The van der Waals surface area contributed by atoms with E-state index in [2.05, 4.69) is 4.99 Å². The van der Waals surface area contributed by atoms with Crippen molar-refractivity contribution in [2.45, 2.75) is 32.8 Å². The summed E-state index contributed by atoms with van der Waals surface area (Å²) < 4.78 is 10.8.